The predicted octanol–water partition coefficient (Wildman–Crippen LogP) is 2.38. The van der Waals surface area contributed by atoms with Crippen LogP contribution < -0.4 is 21.1 Å². The van der Waals surface area contributed by atoms with E-state index in [4.69, 9.17) is 14.9 Å². The van der Waals surface area contributed by atoms with Crippen LogP contribution in [0.25, 0.3) is 0 Å². The highest BCUT2D eigenvalue weighted by atomic mass is 32.2. The minimum Gasteiger partial charge on any atom is -0.489 e. The van der Waals surface area contributed by atoms with Crippen LogP contribution in [0.2, 0.25) is 0 Å². The lowest BCUT2D eigenvalue weighted by molar-refractivity contribution is -0.120. The molecule has 0 aliphatic carbocycles. The smallest absolute Gasteiger partial charge is 0.322 e. The molecule has 30 heavy (non-hydrogen) atoms. The van der Waals surface area contributed by atoms with Gasteiger partial charge in [0.25, 0.3) is 11.8 Å². The number of aromatic nitrogens is 1. The van der Waals surface area contributed by atoms with Crippen LogP contribution in [0.5, 0.6) is 5.75 Å². The molecule has 9 nitrogen and oxygen atoms in total. The van der Waals surface area contributed by atoms with Crippen LogP contribution in [0.3, 0.4) is 0 Å². The maximum absolute atomic E-state index is 11.9. The third-order valence-electron chi connectivity index (χ3n) is 4.23. The summed E-state index contributed by atoms with van der Waals surface area (Å²) in [7, 11) is 0. The molecule has 10 heteroatoms. The fraction of sp³-hybridized carbons (Fsp3) is 0.100. The van der Waals surface area contributed by atoms with E-state index in [0.717, 1.165) is 15.4 Å². The summed E-state index contributed by atoms with van der Waals surface area (Å²) in [5.41, 5.74) is 6.19. The van der Waals surface area contributed by atoms with E-state index in [1.165, 1.54) is 24.2 Å². The van der Waals surface area contributed by atoms with Crippen LogP contribution in [-0.4, -0.2) is 22.8 Å². The number of pyridine rings is 1. The first-order valence-corrected chi connectivity index (χ1v) is 9.65. The van der Waals surface area contributed by atoms with E-state index >= 15 is 0 Å². The molecule has 3 heterocycles. The Morgan fingerprint density at radius 2 is 2.00 bits per heavy atom. The topological polar surface area (TPSA) is 137 Å². The molecule has 1 fully saturated rings. The number of nitrogens with two attached hydrogens (primary N) is 1. The number of nitrogens with zero attached hydrogens (tertiary/aromatic N) is 1. The first-order chi connectivity index (χ1) is 14.5. The zero-order valence-electron chi connectivity index (χ0n) is 15.5. The number of hydrogen-bond acceptors (Lipinski definition) is 7. The molecule has 1 aromatic carbocycles. The molecule has 4 rings (SSSR count). The van der Waals surface area contributed by atoms with Crippen molar-refractivity contribution in [2.45, 2.75) is 22.4 Å². The Kier molecular flexibility index (Phi) is 5.40. The number of ether oxygens (including phenoxy) is 1. The highest BCUT2D eigenvalue weighted by Crippen LogP contribution is 2.35. The Balaban J connectivity index is 1.40. The summed E-state index contributed by atoms with van der Waals surface area (Å²) in [6.07, 6.45) is 2.98. The maximum atomic E-state index is 11.9. The molecule has 4 N–H and O–H groups in total. The number of amides is 4. The van der Waals surface area contributed by atoms with Gasteiger partial charge in [-0.1, -0.05) is 11.8 Å². The molecule has 1 saturated heterocycles. The average molecular weight is 424 g/mol. The Hall–Kier alpha value is -3.79. The molecule has 4 amide bonds. The molecule has 1 aliphatic heterocycles. The second-order valence-electron chi connectivity index (χ2n) is 6.32. The summed E-state index contributed by atoms with van der Waals surface area (Å²) in [4.78, 5) is 39.9. The number of imide groups is 1. The number of carbonyl (C=O) groups is 3. The van der Waals surface area contributed by atoms with E-state index in [0.29, 0.717) is 11.5 Å². The van der Waals surface area contributed by atoms with Gasteiger partial charge in [-0.05, 0) is 48.0 Å². The summed E-state index contributed by atoms with van der Waals surface area (Å²) in [5, 5.41) is 4.71. The van der Waals surface area contributed by atoms with E-state index in [1.807, 2.05) is 24.3 Å². The van der Waals surface area contributed by atoms with Gasteiger partial charge in [-0.15, -0.1) is 0 Å². The van der Waals surface area contributed by atoms with Crippen LogP contribution in [0.15, 0.2) is 69.1 Å². The number of benzene rings is 1. The highest BCUT2D eigenvalue weighted by Gasteiger charge is 2.35. The van der Waals surface area contributed by atoms with Crippen LogP contribution in [0.1, 0.15) is 27.9 Å². The van der Waals surface area contributed by atoms with E-state index in [9.17, 15) is 14.4 Å². The summed E-state index contributed by atoms with van der Waals surface area (Å²) in [6.45, 7) is 0.262. The van der Waals surface area contributed by atoms with Crippen LogP contribution in [-0.2, 0) is 11.4 Å². The summed E-state index contributed by atoms with van der Waals surface area (Å²) < 4.78 is 11.2. The van der Waals surface area contributed by atoms with Crippen LogP contribution in [0.4, 0.5) is 4.79 Å². The van der Waals surface area contributed by atoms with Crippen molar-refractivity contribution >= 4 is 29.6 Å². The second kappa shape index (κ2) is 8.29. The minimum absolute atomic E-state index is 0.186. The average Bonchev–Trinajstić information content (AvgIpc) is 3.32. The van der Waals surface area contributed by atoms with Crippen LogP contribution in [0, 0.1) is 0 Å². The van der Waals surface area contributed by atoms with E-state index in [1.54, 1.807) is 18.2 Å². The molecular formula is C20H16N4O5S. The van der Waals surface area contributed by atoms with Crippen molar-refractivity contribution < 1.29 is 23.5 Å². The van der Waals surface area contributed by atoms with E-state index < -0.39 is 23.9 Å². The van der Waals surface area contributed by atoms with Gasteiger partial charge in [0.05, 0.1) is 11.2 Å². The molecule has 3 aromatic rings. The normalized spacial score (nSPS) is 15.5. The van der Waals surface area contributed by atoms with Gasteiger partial charge in [-0.25, -0.2) is 4.79 Å². The maximum Gasteiger partial charge on any atom is 0.322 e. The van der Waals surface area contributed by atoms with Gasteiger partial charge in [-0.2, -0.15) is 0 Å². The number of hydrogen-bond donors (Lipinski definition) is 3. The van der Waals surface area contributed by atoms with Crippen molar-refractivity contribution in [3.8, 4) is 5.75 Å². The zero-order valence-corrected chi connectivity index (χ0v) is 16.3. The second-order valence-corrected chi connectivity index (χ2v) is 7.44. The molecule has 1 atom stereocenters. The number of carbonyl (C=O) groups excluding carboxylic acids is 3. The Morgan fingerprint density at radius 1 is 1.20 bits per heavy atom. The minimum atomic E-state index is -0.844. The fourth-order valence-electron chi connectivity index (χ4n) is 2.80. The van der Waals surface area contributed by atoms with Gasteiger partial charge < -0.3 is 20.2 Å². The molecular weight excluding hydrogens is 408 g/mol. The summed E-state index contributed by atoms with van der Waals surface area (Å²) in [5.74, 6) is -0.0131. The lowest BCUT2D eigenvalue weighted by Crippen LogP contribution is -2.22. The number of rotatable bonds is 7. The molecule has 0 bridgehead atoms. The number of nitrogens with one attached hydrogen (secondary N) is 2. The zero-order chi connectivity index (χ0) is 21.1. The van der Waals surface area contributed by atoms with Crippen molar-refractivity contribution in [1.82, 2.24) is 15.6 Å². The largest absolute Gasteiger partial charge is 0.489 e. The molecule has 0 radical (unpaired) electrons. The van der Waals surface area contributed by atoms with Gasteiger partial charge in [0.1, 0.15) is 23.8 Å². The van der Waals surface area contributed by atoms with Gasteiger partial charge in [0.15, 0.2) is 6.04 Å². The number of primary amides is 1. The lowest BCUT2D eigenvalue weighted by atomic mass is 10.2. The molecule has 2 aromatic heterocycles. The molecule has 0 saturated carbocycles. The van der Waals surface area contributed by atoms with Crippen LogP contribution >= 0.6 is 11.8 Å². The SMILES string of the molecule is NC(=O)c1cc(COc2ccc(Sc3ccoc3C3NC(=O)NC3=O)cc2)ccn1. The first kappa shape index (κ1) is 19.5. The Bertz CT molecular complexity index is 1110. The van der Waals surface area contributed by atoms with Crippen molar-refractivity contribution in [3.63, 3.8) is 0 Å². The third kappa shape index (κ3) is 4.28. The van der Waals surface area contributed by atoms with Crippen molar-refractivity contribution in [2.24, 2.45) is 5.73 Å². The molecule has 0 spiro atoms. The van der Waals surface area contributed by atoms with E-state index in [2.05, 4.69) is 15.6 Å². The van der Waals surface area contributed by atoms with Crippen molar-refractivity contribution in [1.29, 1.82) is 0 Å². The van der Waals surface area contributed by atoms with Gasteiger partial charge >= 0.3 is 6.03 Å². The Labute approximate surface area is 175 Å². The van der Waals surface area contributed by atoms with Gasteiger partial charge in [0.2, 0.25) is 0 Å². The van der Waals surface area contributed by atoms with Gasteiger partial charge in [0, 0.05) is 11.1 Å². The molecule has 152 valence electrons. The van der Waals surface area contributed by atoms with Gasteiger partial charge in [-0.3, -0.25) is 19.9 Å². The van der Waals surface area contributed by atoms with E-state index in [-0.39, 0.29) is 12.3 Å². The van der Waals surface area contributed by atoms with Crippen molar-refractivity contribution in [3.05, 3.63) is 71.9 Å². The standard InChI is InChI=1S/C20H16N4O5S/c21-18(25)14-9-11(5-7-22-14)10-29-12-1-3-13(4-2-12)30-15-6-8-28-17(15)16-19(26)24-20(27)23-16/h1-9,16H,10H2,(H2,21,25)(H2,23,24,26,27). The first-order valence-electron chi connectivity index (χ1n) is 8.84. The lowest BCUT2D eigenvalue weighted by Gasteiger charge is -2.09. The summed E-state index contributed by atoms with van der Waals surface area (Å²) >= 11 is 1.40. The predicted molar refractivity (Wildman–Crippen MR) is 106 cm³/mol. The van der Waals surface area contributed by atoms with Crippen molar-refractivity contribution in [2.75, 3.05) is 0 Å². The molecule has 1 aliphatic rings. The third-order valence-corrected chi connectivity index (χ3v) is 5.29. The monoisotopic (exact) mass is 424 g/mol. The number of urea groups is 1. The molecule has 1 unspecified atom stereocenters. The Morgan fingerprint density at radius 3 is 2.70 bits per heavy atom. The highest BCUT2D eigenvalue weighted by molar-refractivity contribution is 7.99. The quantitative estimate of drug-likeness (QED) is 0.495. The summed E-state index contributed by atoms with van der Waals surface area (Å²) in [6, 6.07) is 11.0. The fourth-order valence-corrected chi connectivity index (χ4v) is 3.72. The number of furan rings is 1.